The Hall–Kier alpha value is -2.60. The summed E-state index contributed by atoms with van der Waals surface area (Å²) >= 11 is 0. The summed E-state index contributed by atoms with van der Waals surface area (Å²) in [7, 11) is -3.76. The van der Waals surface area contributed by atoms with Crippen LogP contribution in [0.3, 0.4) is 0 Å². The van der Waals surface area contributed by atoms with Crippen LogP contribution in [0, 0.1) is 19.3 Å². The van der Waals surface area contributed by atoms with Gasteiger partial charge in [-0.25, -0.2) is 8.42 Å². The van der Waals surface area contributed by atoms with Crippen LogP contribution in [0.4, 0.5) is 5.69 Å². The first-order chi connectivity index (χ1) is 12.5. The fourth-order valence-electron chi connectivity index (χ4n) is 2.97. The maximum atomic E-state index is 12.9. The summed E-state index contributed by atoms with van der Waals surface area (Å²) in [4.78, 5) is 13.1. The van der Waals surface area contributed by atoms with Crippen molar-refractivity contribution in [3.05, 3.63) is 59.8 Å². The molecule has 1 N–H and O–H groups in total. The van der Waals surface area contributed by atoms with Crippen molar-refractivity contribution in [3.8, 4) is 0 Å². The molecule has 1 aromatic heterocycles. The zero-order valence-corrected chi connectivity index (χ0v) is 17.0. The molecule has 2 aromatic carbocycles. The van der Waals surface area contributed by atoms with Crippen molar-refractivity contribution in [3.63, 3.8) is 0 Å². The van der Waals surface area contributed by atoms with Gasteiger partial charge in [0, 0.05) is 17.0 Å². The van der Waals surface area contributed by atoms with Crippen molar-refractivity contribution in [1.29, 1.82) is 0 Å². The third-order valence-electron chi connectivity index (χ3n) is 4.46. The normalized spacial score (nSPS) is 12.3. The maximum absolute atomic E-state index is 12.9. The van der Waals surface area contributed by atoms with E-state index < -0.39 is 15.4 Å². The second kappa shape index (κ2) is 6.53. The summed E-state index contributed by atoms with van der Waals surface area (Å²) < 4.78 is 29.9. The van der Waals surface area contributed by atoms with Gasteiger partial charge in [0.1, 0.15) is 0 Å². The zero-order chi connectivity index (χ0) is 20.0. The number of carbonyl (C=O) groups excluding carboxylic acids is 1. The van der Waals surface area contributed by atoms with E-state index in [9.17, 15) is 13.2 Å². The minimum atomic E-state index is -3.76. The Bertz CT molecular complexity index is 1120. The van der Waals surface area contributed by atoms with Crippen LogP contribution in [0.2, 0.25) is 0 Å². The van der Waals surface area contributed by atoms with Crippen LogP contribution in [0.15, 0.2) is 53.6 Å². The van der Waals surface area contributed by atoms with Crippen LogP contribution in [0.1, 0.15) is 36.7 Å². The van der Waals surface area contributed by atoms with Gasteiger partial charge < -0.3 is 0 Å². The molecular weight excluding hydrogens is 360 g/mol. The van der Waals surface area contributed by atoms with Crippen molar-refractivity contribution in [2.45, 2.75) is 39.5 Å². The first kappa shape index (κ1) is 19.2. The van der Waals surface area contributed by atoms with E-state index in [1.165, 1.54) is 0 Å². The average molecular weight is 385 g/mol. The number of aryl methyl sites for hydroxylation is 2. The van der Waals surface area contributed by atoms with Crippen molar-refractivity contribution in [2.75, 3.05) is 4.72 Å². The molecule has 0 radical (unpaired) electrons. The first-order valence-electron chi connectivity index (χ1n) is 8.76. The SMILES string of the molecule is Cc1ccc(S(=O)(=O)Nc2cccc3c(C)cn(C(=O)C(C)(C)C)c23)cc1. The molecule has 0 spiro atoms. The number of hydrogen-bond acceptors (Lipinski definition) is 3. The van der Waals surface area contributed by atoms with E-state index in [-0.39, 0.29) is 10.8 Å². The predicted molar refractivity (Wildman–Crippen MR) is 109 cm³/mol. The lowest BCUT2D eigenvalue weighted by atomic mass is 9.95. The Labute approximate surface area is 160 Å². The van der Waals surface area contributed by atoms with Gasteiger partial charge in [0.05, 0.1) is 16.1 Å². The Balaban J connectivity index is 2.15. The lowest BCUT2D eigenvalue weighted by molar-refractivity contribution is 0.0772. The van der Waals surface area contributed by atoms with Gasteiger partial charge in [-0.3, -0.25) is 14.1 Å². The summed E-state index contributed by atoms with van der Waals surface area (Å²) in [5.41, 5.74) is 2.26. The monoisotopic (exact) mass is 384 g/mol. The van der Waals surface area contributed by atoms with Crippen LogP contribution < -0.4 is 4.72 Å². The van der Waals surface area contributed by atoms with Crippen LogP contribution >= 0.6 is 0 Å². The topological polar surface area (TPSA) is 68.2 Å². The number of benzene rings is 2. The summed E-state index contributed by atoms with van der Waals surface area (Å²) in [5, 5.41) is 0.844. The molecule has 0 unspecified atom stereocenters. The maximum Gasteiger partial charge on any atom is 0.261 e. The van der Waals surface area contributed by atoms with Gasteiger partial charge in [0.2, 0.25) is 5.91 Å². The van der Waals surface area contributed by atoms with E-state index in [0.29, 0.717) is 11.2 Å². The molecule has 0 saturated carbocycles. The number of nitrogens with zero attached hydrogens (tertiary/aromatic N) is 1. The van der Waals surface area contributed by atoms with Crippen molar-refractivity contribution in [1.82, 2.24) is 4.57 Å². The second-order valence-electron chi connectivity index (χ2n) is 7.86. The van der Waals surface area contributed by atoms with E-state index in [0.717, 1.165) is 16.5 Å². The Morgan fingerprint density at radius 2 is 1.63 bits per heavy atom. The summed E-state index contributed by atoms with van der Waals surface area (Å²) in [6.45, 7) is 9.34. The number of aromatic nitrogens is 1. The quantitative estimate of drug-likeness (QED) is 0.709. The second-order valence-corrected chi connectivity index (χ2v) is 9.54. The van der Waals surface area contributed by atoms with E-state index in [1.807, 2.05) is 40.7 Å². The fourth-order valence-corrected chi connectivity index (χ4v) is 4.04. The highest BCUT2D eigenvalue weighted by Crippen LogP contribution is 2.32. The third kappa shape index (κ3) is 3.62. The minimum Gasteiger partial charge on any atom is -0.284 e. The van der Waals surface area contributed by atoms with Crippen molar-refractivity contribution < 1.29 is 13.2 Å². The molecule has 0 aliphatic rings. The predicted octanol–water partition coefficient (Wildman–Crippen LogP) is 4.75. The largest absolute Gasteiger partial charge is 0.284 e. The highest BCUT2D eigenvalue weighted by molar-refractivity contribution is 7.92. The molecule has 0 bridgehead atoms. The van der Waals surface area contributed by atoms with Gasteiger partial charge in [-0.05, 0) is 37.6 Å². The number of nitrogens with one attached hydrogen (secondary N) is 1. The van der Waals surface area contributed by atoms with Crippen LogP contribution in [0.5, 0.6) is 0 Å². The third-order valence-corrected chi connectivity index (χ3v) is 5.84. The fraction of sp³-hybridized carbons (Fsp3) is 0.286. The van der Waals surface area contributed by atoms with Gasteiger partial charge in [-0.1, -0.05) is 50.6 Å². The Morgan fingerprint density at radius 3 is 2.22 bits per heavy atom. The molecule has 142 valence electrons. The average Bonchev–Trinajstić information content (AvgIpc) is 2.91. The number of hydrogen-bond donors (Lipinski definition) is 1. The molecule has 1 heterocycles. The molecule has 3 aromatic rings. The Kier molecular flexibility index (Phi) is 4.64. The van der Waals surface area contributed by atoms with Crippen molar-refractivity contribution >= 4 is 32.5 Å². The van der Waals surface area contributed by atoms with Crippen molar-refractivity contribution in [2.24, 2.45) is 5.41 Å². The summed E-state index contributed by atoms with van der Waals surface area (Å²) in [5.74, 6) is -0.0948. The van der Waals surface area contributed by atoms with Gasteiger partial charge in [-0.15, -0.1) is 0 Å². The van der Waals surface area contributed by atoms with Gasteiger partial charge in [-0.2, -0.15) is 0 Å². The summed E-state index contributed by atoms with van der Waals surface area (Å²) in [6, 6.07) is 12.0. The lowest BCUT2D eigenvalue weighted by Crippen LogP contribution is -2.26. The number of carbonyl (C=O) groups is 1. The number of para-hydroxylation sites is 1. The van der Waals surface area contributed by atoms with Gasteiger partial charge >= 0.3 is 0 Å². The van der Waals surface area contributed by atoms with Crippen LogP contribution in [0.25, 0.3) is 10.9 Å². The molecular formula is C21H24N2O3S. The van der Waals surface area contributed by atoms with E-state index in [2.05, 4.69) is 4.72 Å². The highest BCUT2D eigenvalue weighted by atomic mass is 32.2. The first-order valence-corrected chi connectivity index (χ1v) is 10.2. The molecule has 3 rings (SSSR count). The number of fused-ring (bicyclic) bond motifs is 1. The highest BCUT2D eigenvalue weighted by Gasteiger charge is 2.26. The number of sulfonamides is 1. The number of anilines is 1. The smallest absolute Gasteiger partial charge is 0.261 e. The zero-order valence-electron chi connectivity index (χ0n) is 16.2. The van der Waals surface area contributed by atoms with E-state index in [4.69, 9.17) is 0 Å². The minimum absolute atomic E-state index is 0.0948. The molecule has 0 aliphatic heterocycles. The molecule has 0 aliphatic carbocycles. The molecule has 0 atom stereocenters. The van der Waals surface area contributed by atoms with Gasteiger partial charge in [0.25, 0.3) is 10.0 Å². The Morgan fingerprint density at radius 1 is 1.00 bits per heavy atom. The number of rotatable bonds is 3. The van der Waals surface area contributed by atoms with Gasteiger partial charge in [0.15, 0.2) is 0 Å². The molecule has 6 heteroatoms. The standard InChI is InChI=1S/C21H24N2O3S/c1-14-9-11-16(12-10-14)27(25,26)22-18-8-6-7-17-15(2)13-23(19(17)18)20(24)21(3,4)5/h6-13,22H,1-5H3. The molecule has 0 fully saturated rings. The van der Waals surface area contributed by atoms with E-state index >= 15 is 0 Å². The molecule has 0 amide bonds. The molecule has 0 saturated heterocycles. The molecule has 27 heavy (non-hydrogen) atoms. The summed E-state index contributed by atoms with van der Waals surface area (Å²) in [6.07, 6.45) is 1.77. The lowest BCUT2D eigenvalue weighted by Gasteiger charge is -2.19. The van der Waals surface area contributed by atoms with E-state index in [1.54, 1.807) is 47.2 Å². The molecule has 5 nitrogen and oxygen atoms in total. The van der Waals surface area contributed by atoms with Crippen LogP contribution in [-0.2, 0) is 10.0 Å². The van der Waals surface area contributed by atoms with Crippen LogP contribution in [-0.4, -0.2) is 18.9 Å².